The van der Waals surface area contributed by atoms with Crippen molar-refractivity contribution < 1.29 is 13.9 Å². The highest BCUT2D eigenvalue weighted by Crippen LogP contribution is 2.26. The summed E-state index contributed by atoms with van der Waals surface area (Å²) >= 11 is 0. The molecule has 3 rings (SSSR count). The summed E-state index contributed by atoms with van der Waals surface area (Å²) in [6, 6.07) is 17.6. The Bertz CT molecular complexity index is 855. The third-order valence-electron chi connectivity index (χ3n) is 4.58. The first-order valence-corrected chi connectivity index (χ1v) is 8.66. The Morgan fingerprint density at radius 1 is 1.19 bits per heavy atom. The lowest BCUT2D eigenvalue weighted by atomic mass is 10.2. The molecule has 5 nitrogen and oxygen atoms in total. The molecule has 26 heavy (non-hydrogen) atoms. The van der Waals surface area contributed by atoms with Gasteiger partial charge in [-0.15, -0.1) is 0 Å². The van der Waals surface area contributed by atoms with Crippen LogP contribution in [0, 0.1) is 0 Å². The smallest absolute Gasteiger partial charge is 0.234 e. The Morgan fingerprint density at radius 2 is 1.92 bits per heavy atom. The quantitative estimate of drug-likeness (QED) is 0.704. The Hall–Kier alpha value is -2.79. The van der Waals surface area contributed by atoms with Crippen molar-refractivity contribution in [1.82, 2.24) is 10.2 Å². The lowest BCUT2D eigenvalue weighted by molar-refractivity contribution is -0.122. The van der Waals surface area contributed by atoms with E-state index in [0.29, 0.717) is 6.54 Å². The number of hydrogen-bond acceptors (Lipinski definition) is 4. The van der Waals surface area contributed by atoms with Crippen LogP contribution in [0.15, 0.2) is 59.0 Å². The van der Waals surface area contributed by atoms with E-state index < -0.39 is 0 Å². The van der Waals surface area contributed by atoms with Crippen LogP contribution in [0.1, 0.15) is 24.3 Å². The molecule has 0 saturated carbocycles. The minimum atomic E-state index is -0.0404. The van der Waals surface area contributed by atoms with E-state index in [2.05, 4.69) is 5.32 Å². The molecule has 1 aromatic heterocycles. The summed E-state index contributed by atoms with van der Waals surface area (Å²) in [5.41, 5.74) is 1.82. The second-order valence-corrected chi connectivity index (χ2v) is 6.37. The van der Waals surface area contributed by atoms with E-state index in [9.17, 15) is 4.79 Å². The molecule has 2 aromatic carbocycles. The average Bonchev–Trinajstić information content (AvgIpc) is 3.10. The summed E-state index contributed by atoms with van der Waals surface area (Å²) in [4.78, 5) is 14.3. The largest absolute Gasteiger partial charge is 0.496 e. The van der Waals surface area contributed by atoms with Gasteiger partial charge in [0.15, 0.2) is 0 Å². The number of nitrogens with zero attached hydrogens (tertiary/aromatic N) is 1. The van der Waals surface area contributed by atoms with E-state index in [4.69, 9.17) is 9.15 Å². The van der Waals surface area contributed by atoms with Gasteiger partial charge in [0.2, 0.25) is 5.91 Å². The minimum absolute atomic E-state index is 0.000545. The number of fused-ring (bicyclic) bond motifs is 1. The van der Waals surface area contributed by atoms with Gasteiger partial charge in [-0.1, -0.05) is 36.4 Å². The molecule has 1 unspecified atom stereocenters. The third kappa shape index (κ3) is 4.06. The summed E-state index contributed by atoms with van der Waals surface area (Å²) in [5, 5.41) is 4.02. The maximum atomic E-state index is 12.3. The zero-order valence-electron chi connectivity index (χ0n) is 15.4. The van der Waals surface area contributed by atoms with Crippen LogP contribution in [0.2, 0.25) is 0 Å². The number of carbonyl (C=O) groups is 1. The Morgan fingerprint density at radius 3 is 2.69 bits per heavy atom. The fourth-order valence-corrected chi connectivity index (χ4v) is 2.89. The number of furan rings is 1. The van der Waals surface area contributed by atoms with Crippen LogP contribution in [-0.4, -0.2) is 31.5 Å². The highest BCUT2D eigenvalue weighted by atomic mass is 16.5. The summed E-state index contributed by atoms with van der Waals surface area (Å²) in [6.45, 7) is 2.76. The molecule has 0 aliphatic rings. The van der Waals surface area contributed by atoms with Crippen LogP contribution in [0.25, 0.3) is 11.0 Å². The van der Waals surface area contributed by atoms with Crippen molar-refractivity contribution >= 4 is 16.9 Å². The lowest BCUT2D eigenvalue weighted by Crippen LogP contribution is -2.36. The molecule has 0 saturated heterocycles. The minimum Gasteiger partial charge on any atom is -0.496 e. The van der Waals surface area contributed by atoms with E-state index in [0.717, 1.165) is 28.0 Å². The summed E-state index contributed by atoms with van der Waals surface area (Å²) < 4.78 is 11.2. The van der Waals surface area contributed by atoms with E-state index in [-0.39, 0.29) is 18.5 Å². The number of amides is 1. The molecular formula is C21H24N2O3. The maximum Gasteiger partial charge on any atom is 0.234 e. The molecule has 136 valence electrons. The Labute approximate surface area is 153 Å². The van der Waals surface area contributed by atoms with Gasteiger partial charge in [0.05, 0.1) is 19.7 Å². The van der Waals surface area contributed by atoms with Crippen molar-refractivity contribution in [1.29, 1.82) is 0 Å². The Kier molecular flexibility index (Phi) is 5.58. The van der Waals surface area contributed by atoms with Gasteiger partial charge in [-0.3, -0.25) is 9.69 Å². The normalized spacial score (nSPS) is 12.3. The number of ether oxygens (including phenoxy) is 1. The van der Waals surface area contributed by atoms with Crippen molar-refractivity contribution in [2.75, 3.05) is 20.7 Å². The molecule has 0 spiro atoms. The second-order valence-electron chi connectivity index (χ2n) is 6.37. The SMILES string of the molecule is COc1ccccc1CNC(=O)CN(C)C(C)c1cc2ccccc2o1. The molecule has 1 heterocycles. The van der Waals surface area contributed by atoms with Crippen molar-refractivity contribution in [2.45, 2.75) is 19.5 Å². The number of methoxy groups -OCH3 is 1. The van der Waals surface area contributed by atoms with Gasteiger partial charge in [-0.05, 0) is 32.2 Å². The number of benzene rings is 2. The first-order valence-electron chi connectivity index (χ1n) is 8.66. The molecule has 1 atom stereocenters. The van der Waals surface area contributed by atoms with Gasteiger partial charge in [0.25, 0.3) is 0 Å². The first-order chi connectivity index (χ1) is 12.6. The predicted molar refractivity (Wildman–Crippen MR) is 102 cm³/mol. The molecule has 0 fully saturated rings. The summed E-state index contributed by atoms with van der Waals surface area (Å²) in [6.07, 6.45) is 0. The lowest BCUT2D eigenvalue weighted by Gasteiger charge is -2.22. The second kappa shape index (κ2) is 8.06. The fraction of sp³-hybridized carbons (Fsp3) is 0.286. The van der Waals surface area contributed by atoms with Gasteiger partial charge in [0, 0.05) is 17.5 Å². The zero-order valence-corrected chi connectivity index (χ0v) is 15.4. The monoisotopic (exact) mass is 352 g/mol. The highest BCUT2D eigenvalue weighted by Gasteiger charge is 2.18. The average molecular weight is 352 g/mol. The summed E-state index contributed by atoms with van der Waals surface area (Å²) in [5.74, 6) is 1.59. The van der Waals surface area contributed by atoms with Crippen LogP contribution < -0.4 is 10.1 Å². The molecule has 0 radical (unpaired) electrons. The topological polar surface area (TPSA) is 54.7 Å². The van der Waals surface area contributed by atoms with Gasteiger partial charge in [-0.2, -0.15) is 0 Å². The van der Waals surface area contributed by atoms with Crippen LogP contribution in [0.3, 0.4) is 0 Å². The van der Waals surface area contributed by atoms with Crippen LogP contribution >= 0.6 is 0 Å². The van der Waals surface area contributed by atoms with Gasteiger partial charge >= 0.3 is 0 Å². The summed E-state index contributed by atoms with van der Waals surface area (Å²) in [7, 11) is 3.55. The molecule has 1 amide bonds. The number of rotatable bonds is 7. The molecule has 0 aliphatic heterocycles. The molecule has 3 aromatic rings. The fourth-order valence-electron chi connectivity index (χ4n) is 2.89. The van der Waals surface area contributed by atoms with Gasteiger partial charge in [0.1, 0.15) is 17.1 Å². The number of carbonyl (C=O) groups excluding carboxylic acids is 1. The van der Waals surface area contributed by atoms with E-state index >= 15 is 0 Å². The standard InChI is InChI=1S/C21H24N2O3/c1-15(20-12-16-8-4-7-11-19(16)26-20)23(2)14-21(24)22-13-17-9-5-6-10-18(17)25-3/h4-12,15H,13-14H2,1-3H3,(H,22,24). The van der Waals surface area contributed by atoms with Crippen molar-refractivity contribution in [3.8, 4) is 5.75 Å². The van der Waals surface area contributed by atoms with Crippen molar-refractivity contribution in [3.63, 3.8) is 0 Å². The maximum absolute atomic E-state index is 12.3. The predicted octanol–water partition coefficient (Wildman–Crippen LogP) is 3.75. The van der Waals surface area contributed by atoms with E-state index in [1.807, 2.05) is 73.5 Å². The van der Waals surface area contributed by atoms with E-state index in [1.54, 1.807) is 7.11 Å². The first kappa shape index (κ1) is 18.0. The van der Waals surface area contributed by atoms with E-state index in [1.165, 1.54) is 0 Å². The molecule has 0 aliphatic carbocycles. The number of likely N-dealkylation sites (N-methyl/N-ethyl adjacent to an activating group) is 1. The number of nitrogens with one attached hydrogen (secondary N) is 1. The van der Waals surface area contributed by atoms with Crippen molar-refractivity contribution in [2.24, 2.45) is 0 Å². The molecular weight excluding hydrogens is 328 g/mol. The highest BCUT2D eigenvalue weighted by molar-refractivity contribution is 5.79. The molecule has 1 N–H and O–H groups in total. The van der Waals surface area contributed by atoms with Crippen LogP contribution in [0.4, 0.5) is 0 Å². The molecule has 5 heteroatoms. The number of hydrogen-bond donors (Lipinski definition) is 1. The zero-order chi connectivity index (χ0) is 18.5. The third-order valence-corrected chi connectivity index (χ3v) is 4.58. The van der Waals surface area contributed by atoms with Crippen LogP contribution in [0.5, 0.6) is 5.75 Å². The van der Waals surface area contributed by atoms with Crippen molar-refractivity contribution in [3.05, 3.63) is 65.9 Å². The van der Waals surface area contributed by atoms with Crippen LogP contribution in [-0.2, 0) is 11.3 Å². The van der Waals surface area contributed by atoms with Gasteiger partial charge < -0.3 is 14.5 Å². The number of para-hydroxylation sites is 2. The van der Waals surface area contributed by atoms with Gasteiger partial charge in [-0.25, -0.2) is 0 Å². The Balaban J connectivity index is 1.58. The molecule has 0 bridgehead atoms.